The minimum atomic E-state index is -3.36. The van der Waals surface area contributed by atoms with E-state index in [1.54, 1.807) is 6.92 Å². The number of esters is 2. The zero-order valence-corrected chi connectivity index (χ0v) is 72.6. The Morgan fingerprint density at radius 1 is 0.377 bits per heavy atom. The number of carbonyl (C=O) groups excluding carboxylic acids is 2. The fraction of sp³-hybridized carbons (Fsp3) is 0.872. The Balaban J connectivity index is 0. The van der Waals surface area contributed by atoms with E-state index in [0.717, 1.165) is 42.7 Å². The van der Waals surface area contributed by atoms with Crippen LogP contribution in [0.3, 0.4) is 0 Å². The van der Waals surface area contributed by atoms with Gasteiger partial charge in [0.25, 0.3) is 0 Å². The molecule has 14 nitrogen and oxygen atoms in total. The van der Waals surface area contributed by atoms with Crippen LogP contribution in [0.15, 0.2) is 24.8 Å². The molecule has 0 amide bonds. The van der Waals surface area contributed by atoms with E-state index in [0.29, 0.717) is 30.7 Å². The number of ether oxygens (including phenoxy) is 2. The average molecular weight is 1360 g/mol. The molecule has 0 N–H and O–H groups in total. The van der Waals surface area contributed by atoms with Crippen molar-refractivity contribution in [1.29, 1.82) is 0 Å². The largest absolute Gasteiger partial charge is 0.469 e. The molecule has 77 heavy (non-hydrogen) atoms. The summed E-state index contributed by atoms with van der Waals surface area (Å²) in [4.78, 5) is 23.3. The molecule has 0 bridgehead atoms. The maximum Gasteiger partial charge on any atom is 0.469 e. The summed E-state index contributed by atoms with van der Waals surface area (Å²) in [7, 11) is -27.8. The predicted molar refractivity (Wildman–Crippen MR) is 371 cm³/mol. The van der Waals surface area contributed by atoms with Gasteiger partial charge in [0.15, 0.2) is 83.2 Å². The van der Waals surface area contributed by atoms with Gasteiger partial charge in [-0.15, -0.1) is 0 Å². The van der Waals surface area contributed by atoms with Crippen molar-refractivity contribution in [2.24, 2.45) is 0 Å². The Morgan fingerprint density at radius 3 is 1.04 bits per heavy atom. The highest BCUT2D eigenvalue weighted by atomic mass is 28.5. The van der Waals surface area contributed by atoms with Crippen LogP contribution in [-0.4, -0.2) is 165 Å². The Kier molecular flexibility index (Phi) is 36.8. The first-order valence-corrected chi connectivity index (χ1v) is 71.8. The summed E-state index contributed by atoms with van der Waals surface area (Å²) in [5, 5.41) is 0. The van der Waals surface area contributed by atoms with Gasteiger partial charge in [-0.1, -0.05) is 13.2 Å². The SMILES string of the molecule is C=C(C)C(=O)OCCC[SiH2]O[Si](C)(C)CC[SiH2]O[Si](C)(C)C.C=CC(=O)OCCC[Si](O[Si](C)(C)CC[SiH2]O[Si](C)(C)C)(O[Si](C)(C)CC[SiH2]O[Si](C)(C)C)O[Si](C)(C)CC[Si](O[Si](C)(C)C)(O[Si](C)(C)C)O[Si](C)(C)C. The number of hydrogen-bond donors (Lipinski definition) is 0. The molecule has 0 atom stereocenters. The molecule has 0 fully saturated rings. The summed E-state index contributed by atoms with van der Waals surface area (Å²) in [6.45, 7) is 68.6. The minimum Gasteiger partial charge on any atom is -0.463 e. The van der Waals surface area contributed by atoms with Crippen molar-refractivity contribution in [3.63, 3.8) is 0 Å². The molecule has 0 heterocycles. The second-order valence-corrected chi connectivity index (χ2v) is 88.1. The van der Waals surface area contributed by atoms with Crippen LogP contribution in [0.5, 0.6) is 0 Å². The lowest BCUT2D eigenvalue weighted by Crippen LogP contribution is -2.63. The van der Waals surface area contributed by atoms with E-state index >= 15 is 0 Å². The minimum absolute atomic E-state index is 0.268. The maximum atomic E-state index is 12.1. The normalized spacial score (nSPS) is 15.3. The Bertz CT molecular complexity index is 1640. The van der Waals surface area contributed by atoms with Crippen LogP contribution in [-0.2, 0) is 60.2 Å². The molecule has 0 aromatic heterocycles. The predicted octanol–water partition coefficient (Wildman–Crippen LogP) is 12.5. The van der Waals surface area contributed by atoms with Crippen LogP contribution in [0.1, 0.15) is 19.8 Å². The van der Waals surface area contributed by atoms with Gasteiger partial charge in [-0.25, -0.2) is 9.59 Å². The average Bonchev–Trinajstić information content (AvgIpc) is 3.18. The van der Waals surface area contributed by atoms with E-state index in [4.69, 9.17) is 50.6 Å². The van der Waals surface area contributed by atoms with E-state index in [2.05, 4.69) is 183 Å². The lowest BCUT2D eigenvalue weighted by molar-refractivity contribution is -0.139. The van der Waals surface area contributed by atoms with Gasteiger partial charge in [0.05, 0.1) is 13.2 Å². The summed E-state index contributed by atoms with van der Waals surface area (Å²) in [6.07, 6.45) is 2.73. The lowest BCUT2D eigenvalue weighted by atomic mass is 10.4. The van der Waals surface area contributed by atoms with Crippen LogP contribution in [0, 0.1) is 0 Å². The van der Waals surface area contributed by atoms with E-state index in [1.807, 2.05) is 0 Å². The molecule has 0 rings (SSSR count). The van der Waals surface area contributed by atoms with E-state index < -0.39 is 136 Å². The van der Waals surface area contributed by atoms with Crippen LogP contribution in [0.25, 0.3) is 0 Å². The molecular weight excluding hydrogens is 1240 g/mol. The number of hydrogen-bond acceptors (Lipinski definition) is 14. The third kappa shape index (κ3) is 48.4. The van der Waals surface area contributed by atoms with Crippen LogP contribution < -0.4 is 0 Å². The van der Waals surface area contributed by atoms with Crippen LogP contribution in [0.4, 0.5) is 0 Å². The highest BCUT2D eigenvalue weighted by molar-refractivity contribution is 6.93. The topological polar surface area (TPSA) is 145 Å². The molecule has 0 saturated heterocycles. The quantitative estimate of drug-likeness (QED) is 0.0247. The molecule has 0 unspecified atom stereocenters. The molecule has 0 aliphatic carbocycles. The first-order valence-electron chi connectivity index (χ1n) is 28.7. The van der Waals surface area contributed by atoms with Gasteiger partial charge in [-0.3, -0.25) is 0 Å². The molecule has 0 aromatic rings. The summed E-state index contributed by atoms with van der Waals surface area (Å²) in [5.74, 6) is -0.702. The lowest BCUT2D eigenvalue weighted by Gasteiger charge is -2.46. The van der Waals surface area contributed by atoms with Crippen molar-refractivity contribution < 1.29 is 60.2 Å². The standard InChI is InChI=1S/C33H88O10Si12.C14H34O4Si4/c1-23-33(34)35-25-24-28-54(41-51(17,18)29-26-44-36-46(2,3)4,42-52(19,20)30-27-45-37-47(5,6)7)43-53(21,22)31-32-55(38-48(8,9)10,39-49(11,12)13)40-50(14,15)16;1-13(2)14(15)16-9-8-10-19-18-22(6,7)12-11-20-17-21(3,4)5/h23H,1,24-32,44-45H2,2-22H3;1,8-12,19-20H2,2-7H3. The molecule has 0 aliphatic heterocycles. The smallest absolute Gasteiger partial charge is 0.463 e. The van der Waals surface area contributed by atoms with Crippen molar-refractivity contribution in [2.75, 3.05) is 13.2 Å². The zero-order chi connectivity index (χ0) is 60.7. The van der Waals surface area contributed by atoms with Gasteiger partial charge >= 0.3 is 29.5 Å². The maximum absolute atomic E-state index is 12.1. The van der Waals surface area contributed by atoms with E-state index in [-0.39, 0.29) is 22.3 Å². The molecule has 0 saturated carbocycles. The van der Waals surface area contributed by atoms with Crippen molar-refractivity contribution in [2.45, 2.75) is 250 Å². The Labute approximate surface area is 496 Å². The summed E-state index contributed by atoms with van der Waals surface area (Å²) in [5.41, 5.74) is 0.465. The van der Waals surface area contributed by atoms with Crippen LogP contribution in [0.2, 0.25) is 231 Å². The molecule has 0 spiro atoms. The fourth-order valence-electron chi connectivity index (χ4n) is 7.76. The van der Waals surface area contributed by atoms with Crippen LogP contribution >= 0.6 is 0 Å². The van der Waals surface area contributed by atoms with Gasteiger partial charge in [-0.05, 0) is 238 Å². The number of rotatable bonds is 42. The van der Waals surface area contributed by atoms with Gasteiger partial charge in [0.2, 0.25) is 0 Å². The summed E-state index contributed by atoms with van der Waals surface area (Å²) < 4.78 is 79.7. The van der Waals surface area contributed by atoms with Crippen molar-refractivity contribution in [3.05, 3.63) is 24.8 Å². The third-order valence-corrected chi connectivity index (χ3v) is 62.3. The highest BCUT2D eigenvalue weighted by Gasteiger charge is 2.55. The van der Waals surface area contributed by atoms with Gasteiger partial charge < -0.3 is 50.6 Å². The van der Waals surface area contributed by atoms with E-state index in [1.165, 1.54) is 18.2 Å². The van der Waals surface area contributed by atoms with Gasteiger partial charge in [-0.2, -0.15) is 0 Å². The molecule has 0 aliphatic rings. The fourth-order valence-corrected chi connectivity index (χ4v) is 65.0. The Morgan fingerprint density at radius 2 is 0.701 bits per heavy atom. The van der Waals surface area contributed by atoms with E-state index in [9.17, 15) is 9.59 Å². The third-order valence-electron chi connectivity index (χ3n) is 10.7. The second kappa shape index (κ2) is 35.2. The second-order valence-electron chi connectivity index (χ2n) is 29.0. The first-order chi connectivity index (χ1) is 34.4. The molecule has 0 aromatic carbocycles. The highest BCUT2D eigenvalue weighted by Crippen LogP contribution is 2.38. The molecule has 0 radical (unpaired) electrons. The summed E-state index contributed by atoms with van der Waals surface area (Å²) >= 11 is 0. The summed E-state index contributed by atoms with van der Waals surface area (Å²) in [6, 6.07) is 9.83. The van der Waals surface area contributed by atoms with Gasteiger partial charge in [0.1, 0.15) is 39.1 Å². The monoisotopic (exact) mass is 1360 g/mol. The van der Waals surface area contributed by atoms with Gasteiger partial charge in [0, 0.05) is 23.7 Å². The van der Waals surface area contributed by atoms with Crippen molar-refractivity contribution in [1.82, 2.24) is 0 Å². The Hall–Kier alpha value is 1.49. The molecule has 458 valence electrons. The van der Waals surface area contributed by atoms with Crippen molar-refractivity contribution in [3.8, 4) is 0 Å². The van der Waals surface area contributed by atoms with Crippen molar-refractivity contribution >= 4 is 152 Å². The number of carbonyl (C=O) groups is 2. The zero-order valence-electron chi connectivity index (χ0n) is 54.9. The molecule has 30 heteroatoms. The first kappa shape index (κ1) is 80.6. The molecular formula is C47H122O14Si16.